The van der Waals surface area contributed by atoms with Gasteiger partial charge in [0, 0.05) is 24.0 Å². The molecule has 4 rings (SSSR count). The normalized spacial score (nSPS) is 32.4. The van der Waals surface area contributed by atoms with E-state index < -0.39 is 37.4 Å². The molecule has 126 valence electrons. The van der Waals surface area contributed by atoms with Crippen LogP contribution in [-0.4, -0.2) is 26.3 Å². The van der Waals surface area contributed by atoms with E-state index in [0.717, 1.165) is 0 Å². The minimum Gasteiger partial charge on any atom is -0.493 e. The van der Waals surface area contributed by atoms with Crippen LogP contribution in [0, 0.1) is 11.7 Å². The average Bonchev–Trinajstić information content (AvgIpc) is 2.92. The van der Waals surface area contributed by atoms with E-state index in [0.29, 0.717) is 11.3 Å². The number of fused-ring (bicyclic) bond motifs is 1. The van der Waals surface area contributed by atoms with Crippen LogP contribution in [0.1, 0.15) is 26.1 Å². The van der Waals surface area contributed by atoms with Gasteiger partial charge in [-0.05, 0) is 48.7 Å². The first-order valence-electron chi connectivity index (χ1n) is 10.6. The molecule has 4 nitrogen and oxygen atoms in total. The Morgan fingerprint density at radius 1 is 1.17 bits per heavy atom. The topological polar surface area (TPSA) is 39.7 Å². The molecule has 5 heteroatoms. The summed E-state index contributed by atoms with van der Waals surface area (Å²) in [7, 11) is 0. The number of halogens is 1. The number of rotatable bonds is 4. The Labute approximate surface area is 149 Å². The highest BCUT2D eigenvalue weighted by Gasteiger charge is 2.27. The molecule has 0 radical (unpaired) electrons. The number of benzene rings is 2. The zero-order chi connectivity index (χ0) is 21.7. The van der Waals surface area contributed by atoms with Gasteiger partial charge in [0.15, 0.2) is 11.5 Å². The van der Waals surface area contributed by atoms with Crippen molar-refractivity contribution in [1.29, 1.82) is 0 Å². The fourth-order valence-electron chi connectivity index (χ4n) is 2.80. The van der Waals surface area contributed by atoms with Crippen LogP contribution >= 0.6 is 0 Å². The van der Waals surface area contributed by atoms with Crippen molar-refractivity contribution in [2.24, 2.45) is 5.92 Å². The van der Waals surface area contributed by atoms with E-state index in [1.807, 2.05) is 0 Å². The van der Waals surface area contributed by atoms with Crippen molar-refractivity contribution >= 4 is 0 Å². The summed E-state index contributed by atoms with van der Waals surface area (Å²) < 4.78 is 77.0. The first-order chi connectivity index (χ1) is 13.9. The summed E-state index contributed by atoms with van der Waals surface area (Å²) in [5.74, 6) is -1.01. The quantitative estimate of drug-likeness (QED) is 0.930. The lowest BCUT2D eigenvalue weighted by Crippen LogP contribution is -2.38. The highest BCUT2D eigenvalue weighted by molar-refractivity contribution is 5.46. The van der Waals surface area contributed by atoms with E-state index in [9.17, 15) is 4.39 Å². The molecule has 1 fully saturated rings. The van der Waals surface area contributed by atoms with Crippen molar-refractivity contribution in [3.63, 3.8) is 0 Å². The van der Waals surface area contributed by atoms with Crippen molar-refractivity contribution in [3.05, 3.63) is 53.8 Å². The van der Waals surface area contributed by atoms with Gasteiger partial charge in [0.05, 0.1) is 6.61 Å². The summed E-state index contributed by atoms with van der Waals surface area (Å²) >= 11 is 0. The molecule has 0 amide bonds. The molecular weight excluding hydrogens is 309 g/mol. The highest BCUT2D eigenvalue weighted by atomic mass is 19.1. The van der Waals surface area contributed by atoms with E-state index in [1.165, 1.54) is 36.4 Å². The second kappa shape index (κ2) is 6.69. The van der Waals surface area contributed by atoms with Crippen LogP contribution in [0.15, 0.2) is 42.5 Å². The lowest BCUT2D eigenvalue weighted by Gasteiger charge is -2.32. The molecule has 0 aromatic heterocycles. The van der Waals surface area contributed by atoms with Crippen LogP contribution in [0.4, 0.5) is 4.39 Å². The van der Waals surface area contributed by atoms with Gasteiger partial charge in [-0.15, -0.1) is 0 Å². The monoisotopic (exact) mass is 335 g/mol. The zero-order valence-electron chi connectivity index (χ0n) is 18.7. The summed E-state index contributed by atoms with van der Waals surface area (Å²) in [5, 5.41) is 2.40. The Balaban J connectivity index is 1.57. The number of hydrogen-bond acceptors (Lipinski definition) is 4. The molecule has 2 aliphatic rings. The maximum Gasteiger partial charge on any atom is 0.231 e. The van der Waals surface area contributed by atoms with Crippen LogP contribution in [0.3, 0.4) is 0 Å². The van der Waals surface area contributed by atoms with Crippen LogP contribution < -0.4 is 19.5 Å². The third-order valence-electron chi connectivity index (χ3n) is 4.10. The first-order valence-corrected chi connectivity index (χ1v) is 7.64. The smallest absolute Gasteiger partial charge is 0.231 e. The lowest BCUT2D eigenvalue weighted by atomic mass is 9.81. The van der Waals surface area contributed by atoms with E-state index in [-0.39, 0.29) is 24.5 Å². The molecular formula is C19H20FNO3. The lowest BCUT2D eigenvalue weighted by molar-refractivity contribution is 0.173. The summed E-state index contributed by atoms with van der Waals surface area (Å²) in [5.41, 5.74) is 0.623. The maximum absolute atomic E-state index is 13.4. The van der Waals surface area contributed by atoms with Crippen LogP contribution in [0.25, 0.3) is 0 Å². The molecule has 0 saturated carbocycles. The molecule has 1 saturated heterocycles. The maximum atomic E-state index is 13.4. The van der Waals surface area contributed by atoms with E-state index in [2.05, 4.69) is 5.32 Å². The molecule has 2 aromatic rings. The van der Waals surface area contributed by atoms with Gasteiger partial charge >= 0.3 is 0 Å². The van der Waals surface area contributed by atoms with Gasteiger partial charge in [0.1, 0.15) is 14.3 Å². The Morgan fingerprint density at radius 3 is 2.88 bits per heavy atom. The number of piperidine rings is 1. The van der Waals surface area contributed by atoms with Gasteiger partial charge < -0.3 is 19.5 Å². The molecule has 2 aliphatic heterocycles. The Hall–Kier alpha value is -2.27. The number of ether oxygens (including phenoxy) is 3. The summed E-state index contributed by atoms with van der Waals surface area (Å²) in [6.45, 7) is -6.38. The van der Waals surface area contributed by atoms with Gasteiger partial charge in [-0.1, -0.05) is 12.1 Å². The van der Waals surface area contributed by atoms with Crippen molar-refractivity contribution in [3.8, 4) is 17.2 Å². The molecule has 0 spiro atoms. The van der Waals surface area contributed by atoms with Crippen molar-refractivity contribution in [1.82, 2.24) is 5.32 Å². The van der Waals surface area contributed by atoms with Gasteiger partial charge in [-0.2, -0.15) is 0 Å². The van der Waals surface area contributed by atoms with Crippen molar-refractivity contribution < 1.29 is 26.8 Å². The Morgan fingerprint density at radius 2 is 2.00 bits per heavy atom. The highest BCUT2D eigenvalue weighted by Crippen LogP contribution is 2.36. The molecule has 2 atom stereocenters. The average molecular weight is 335 g/mol. The number of hydrogen-bond donors (Lipinski definition) is 1. The standard InChI is InChI=1S/C19H20FNO3/c20-15-3-1-13(2-4-15)17-7-8-21-10-14(17)11-22-16-5-6-18-19(9-16)24-12-23-18/h1-6,9,14,17,21H,7-8,10-12H2/t14-,17?/m0/s1/i8D2,10D2,12D2. The van der Waals surface area contributed by atoms with E-state index in [4.69, 9.17) is 22.4 Å². The van der Waals surface area contributed by atoms with Crippen LogP contribution in [0.5, 0.6) is 17.2 Å². The zero-order valence-corrected chi connectivity index (χ0v) is 12.7. The molecule has 0 aliphatic carbocycles. The summed E-state index contributed by atoms with van der Waals surface area (Å²) in [6.07, 6.45) is -0.00643. The molecule has 24 heavy (non-hydrogen) atoms. The molecule has 1 unspecified atom stereocenters. The molecule has 2 heterocycles. The minimum absolute atomic E-state index is 0.00643. The number of nitrogens with one attached hydrogen (secondary N) is 1. The molecule has 0 bridgehead atoms. The van der Waals surface area contributed by atoms with Gasteiger partial charge in [-0.3, -0.25) is 0 Å². The fraction of sp³-hybridized carbons (Fsp3) is 0.368. The van der Waals surface area contributed by atoms with Gasteiger partial charge in [0.25, 0.3) is 0 Å². The van der Waals surface area contributed by atoms with E-state index >= 15 is 0 Å². The fourth-order valence-corrected chi connectivity index (χ4v) is 2.80. The van der Waals surface area contributed by atoms with Crippen molar-refractivity contribution in [2.45, 2.75) is 12.3 Å². The second-order valence-electron chi connectivity index (χ2n) is 5.62. The second-order valence-corrected chi connectivity index (χ2v) is 5.62. The predicted molar refractivity (Wildman–Crippen MR) is 88.2 cm³/mol. The van der Waals surface area contributed by atoms with Crippen LogP contribution in [-0.2, 0) is 0 Å². The van der Waals surface area contributed by atoms with E-state index in [1.54, 1.807) is 6.07 Å². The third-order valence-corrected chi connectivity index (χ3v) is 4.10. The van der Waals surface area contributed by atoms with Crippen molar-refractivity contribution in [2.75, 3.05) is 26.3 Å². The SMILES string of the molecule is [2H]C1([2H])CC(c2ccc(F)cc2)[C@H](COc2ccc3c(c2)OC([2H])([2H])O3)C([2H])([2H])N1. The Bertz CT molecular complexity index is 940. The predicted octanol–water partition coefficient (Wildman–Crippen LogP) is 3.33. The molecule has 1 N–H and O–H groups in total. The third kappa shape index (κ3) is 3.17. The summed E-state index contributed by atoms with van der Waals surface area (Å²) in [6, 6.07) is 10.1. The Kier molecular flexibility index (Phi) is 2.76. The largest absolute Gasteiger partial charge is 0.493 e. The van der Waals surface area contributed by atoms with Gasteiger partial charge in [0.2, 0.25) is 6.75 Å². The molecule has 2 aromatic carbocycles. The first kappa shape index (κ1) is 9.89. The minimum atomic E-state index is -2.26. The van der Waals surface area contributed by atoms with Gasteiger partial charge in [-0.25, -0.2) is 4.39 Å². The summed E-state index contributed by atoms with van der Waals surface area (Å²) in [4.78, 5) is 0. The van der Waals surface area contributed by atoms with Crippen LogP contribution in [0.2, 0.25) is 0 Å².